The van der Waals surface area contributed by atoms with Crippen molar-refractivity contribution >= 4 is 15.7 Å². The van der Waals surface area contributed by atoms with Crippen LogP contribution in [0.1, 0.15) is 12.8 Å². The van der Waals surface area contributed by atoms with Gasteiger partial charge in [-0.1, -0.05) is 0 Å². The molecule has 1 aliphatic heterocycles. The van der Waals surface area contributed by atoms with Gasteiger partial charge in [-0.2, -0.15) is 0 Å². The van der Waals surface area contributed by atoms with E-state index in [0.29, 0.717) is 12.8 Å². The van der Waals surface area contributed by atoms with Gasteiger partial charge in [-0.15, -0.1) is 0 Å². The van der Waals surface area contributed by atoms with Gasteiger partial charge in [-0.3, -0.25) is 4.79 Å². The molecule has 1 rings (SSSR count). The van der Waals surface area contributed by atoms with Crippen LogP contribution in [0.4, 0.5) is 0 Å². The molecule has 0 bridgehead atoms. The van der Waals surface area contributed by atoms with Gasteiger partial charge in [0.2, 0.25) is 5.91 Å². The van der Waals surface area contributed by atoms with Crippen molar-refractivity contribution in [3.63, 3.8) is 0 Å². The maximum Gasteiger partial charge on any atom is 0.238 e. The van der Waals surface area contributed by atoms with Crippen LogP contribution in [-0.2, 0) is 14.6 Å². The molecule has 1 fully saturated rings. The van der Waals surface area contributed by atoms with E-state index in [9.17, 15) is 13.2 Å². The zero-order valence-corrected chi connectivity index (χ0v) is 8.01. The predicted molar refractivity (Wildman–Crippen MR) is 46.9 cm³/mol. The summed E-state index contributed by atoms with van der Waals surface area (Å²) in [6, 6.07) is 0. The van der Waals surface area contributed by atoms with E-state index in [1.165, 1.54) is 0 Å². The number of hydrogen-bond donors (Lipinski definition) is 2. The average Bonchev–Trinajstić information content (AvgIpc) is 2.41. The topological polar surface area (TPSA) is 83.5 Å². The summed E-state index contributed by atoms with van der Waals surface area (Å²) < 4.78 is 22.5. The number of carbonyl (C=O) groups is 1. The maximum atomic E-state index is 11.2. The third-order valence-electron chi connectivity index (χ3n) is 2.03. The Balaban J connectivity index is 2.57. The highest BCUT2D eigenvalue weighted by atomic mass is 32.2. The van der Waals surface area contributed by atoms with Gasteiger partial charge in [-0.05, 0) is 12.8 Å². The highest BCUT2D eigenvalue weighted by Crippen LogP contribution is 2.19. The molecule has 0 aromatic carbocycles. The molecule has 5 nitrogen and oxygen atoms in total. The molecular formula is C7H13NO4S. The van der Waals surface area contributed by atoms with Gasteiger partial charge < -0.3 is 10.4 Å². The van der Waals surface area contributed by atoms with Crippen molar-refractivity contribution in [1.82, 2.24) is 5.32 Å². The molecule has 1 heterocycles. The second kappa shape index (κ2) is 4.06. The van der Waals surface area contributed by atoms with Crippen LogP contribution in [0.2, 0.25) is 0 Å². The molecular weight excluding hydrogens is 194 g/mol. The highest BCUT2D eigenvalue weighted by Gasteiger charge is 2.36. The van der Waals surface area contributed by atoms with Crippen molar-refractivity contribution in [3.05, 3.63) is 0 Å². The fourth-order valence-electron chi connectivity index (χ4n) is 1.38. The molecule has 13 heavy (non-hydrogen) atoms. The summed E-state index contributed by atoms with van der Waals surface area (Å²) in [5, 5.41) is 9.90. The Labute approximate surface area is 77.1 Å². The van der Waals surface area contributed by atoms with Gasteiger partial charge in [0.1, 0.15) is 5.25 Å². The monoisotopic (exact) mass is 207 g/mol. The Hall–Kier alpha value is -0.620. The van der Waals surface area contributed by atoms with E-state index in [4.69, 9.17) is 5.11 Å². The largest absolute Gasteiger partial charge is 0.395 e. The molecule has 76 valence electrons. The van der Waals surface area contributed by atoms with Crippen molar-refractivity contribution in [1.29, 1.82) is 0 Å². The lowest BCUT2D eigenvalue weighted by Crippen LogP contribution is -2.38. The third kappa shape index (κ3) is 2.41. The van der Waals surface area contributed by atoms with E-state index in [1.54, 1.807) is 0 Å². The first kappa shape index (κ1) is 10.5. The van der Waals surface area contributed by atoms with Crippen molar-refractivity contribution in [2.75, 3.05) is 18.9 Å². The van der Waals surface area contributed by atoms with Gasteiger partial charge in [0.15, 0.2) is 9.84 Å². The Morgan fingerprint density at radius 2 is 2.23 bits per heavy atom. The second-order valence-corrected chi connectivity index (χ2v) is 5.32. The highest BCUT2D eigenvalue weighted by molar-refractivity contribution is 7.93. The third-order valence-corrected chi connectivity index (χ3v) is 4.21. The lowest BCUT2D eigenvalue weighted by atomic mass is 10.2. The first-order valence-electron chi connectivity index (χ1n) is 4.18. The minimum atomic E-state index is -3.21. The minimum Gasteiger partial charge on any atom is -0.395 e. The van der Waals surface area contributed by atoms with Gasteiger partial charge in [0, 0.05) is 6.54 Å². The number of amides is 1. The Morgan fingerprint density at radius 1 is 1.54 bits per heavy atom. The van der Waals surface area contributed by atoms with Gasteiger partial charge in [0.25, 0.3) is 0 Å². The quantitative estimate of drug-likeness (QED) is 0.600. The molecule has 0 spiro atoms. The maximum absolute atomic E-state index is 11.2. The summed E-state index contributed by atoms with van der Waals surface area (Å²) in [6.45, 7) is -0.0522. The molecule has 6 heteroatoms. The van der Waals surface area contributed by atoms with Gasteiger partial charge >= 0.3 is 0 Å². The molecule has 0 aromatic rings. The van der Waals surface area contributed by atoms with E-state index < -0.39 is 21.0 Å². The van der Waals surface area contributed by atoms with Crippen LogP contribution in [0.3, 0.4) is 0 Å². The summed E-state index contributed by atoms with van der Waals surface area (Å²) in [5.41, 5.74) is 0. The summed E-state index contributed by atoms with van der Waals surface area (Å²) in [6.07, 6.45) is 0.957. The fraction of sp³-hybridized carbons (Fsp3) is 0.857. The number of hydrogen-bond acceptors (Lipinski definition) is 4. The first-order chi connectivity index (χ1) is 6.08. The first-order valence-corrected chi connectivity index (χ1v) is 5.89. The van der Waals surface area contributed by atoms with Crippen molar-refractivity contribution in [2.24, 2.45) is 0 Å². The molecule has 1 saturated heterocycles. The van der Waals surface area contributed by atoms with Crippen molar-refractivity contribution in [3.8, 4) is 0 Å². The Morgan fingerprint density at radius 3 is 2.69 bits per heavy atom. The smallest absolute Gasteiger partial charge is 0.238 e. The molecule has 0 aromatic heterocycles. The number of nitrogens with one attached hydrogen (secondary N) is 1. The number of carbonyl (C=O) groups excluding carboxylic acids is 1. The normalized spacial score (nSPS) is 25.8. The lowest BCUT2D eigenvalue weighted by molar-refractivity contribution is -0.120. The molecule has 1 atom stereocenters. The van der Waals surface area contributed by atoms with E-state index in [-0.39, 0.29) is 18.9 Å². The number of aliphatic hydroxyl groups excluding tert-OH is 1. The number of aliphatic hydroxyl groups is 1. The molecule has 0 aliphatic carbocycles. The standard InChI is InChI=1S/C7H13NO4S/c9-4-3-8-7(10)6-2-1-5-13(6,11)12/h6,9H,1-5H2,(H,8,10). The number of rotatable bonds is 3. The molecule has 1 unspecified atom stereocenters. The van der Waals surface area contributed by atoms with Crippen LogP contribution in [0.15, 0.2) is 0 Å². The van der Waals surface area contributed by atoms with Crippen molar-refractivity contribution < 1.29 is 18.3 Å². The van der Waals surface area contributed by atoms with Crippen LogP contribution in [0.25, 0.3) is 0 Å². The fourth-order valence-corrected chi connectivity index (χ4v) is 3.17. The average molecular weight is 207 g/mol. The summed E-state index contributed by atoms with van der Waals surface area (Å²) in [7, 11) is -3.21. The SMILES string of the molecule is O=C(NCCO)C1CCCS1(=O)=O. The second-order valence-electron chi connectivity index (χ2n) is 3.01. The number of sulfone groups is 1. The van der Waals surface area contributed by atoms with E-state index in [2.05, 4.69) is 5.32 Å². The van der Waals surface area contributed by atoms with Crippen LogP contribution in [0.5, 0.6) is 0 Å². The van der Waals surface area contributed by atoms with Gasteiger partial charge in [-0.25, -0.2) is 8.42 Å². The molecule has 1 aliphatic rings. The molecule has 0 radical (unpaired) electrons. The van der Waals surface area contributed by atoms with E-state index in [0.717, 1.165) is 0 Å². The van der Waals surface area contributed by atoms with Crippen LogP contribution in [0, 0.1) is 0 Å². The Bertz CT molecular complexity index is 285. The summed E-state index contributed by atoms with van der Waals surface area (Å²) in [5.74, 6) is -0.379. The van der Waals surface area contributed by atoms with Gasteiger partial charge in [0.05, 0.1) is 12.4 Å². The summed E-state index contributed by atoms with van der Waals surface area (Å²) in [4.78, 5) is 11.2. The van der Waals surface area contributed by atoms with Crippen LogP contribution in [-0.4, -0.2) is 43.6 Å². The van der Waals surface area contributed by atoms with Crippen molar-refractivity contribution in [2.45, 2.75) is 18.1 Å². The summed E-state index contributed by atoms with van der Waals surface area (Å²) >= 11 is 0. The zero-order valence-electron chi connectivity index (χ0n) is 7.19. The van der Waals surface area contributed by atoms with Crippen LogP contribution >= 0.6 is 0 Å². The van der Waals surface area contributed by atoms with E-state index >= 15 is 0 Å². The minimum absolute atomic E-state index is 0.101. The van der Waals surface area contributed by atoms with E-state index in [1.807, 2.05) is 0 Å². The molecule has 0 saturated carbocycles. The zero-order chi connectivity index (χ0) is 9.90. The molecule has 1 amide bonds. The van der Waals surface area contributed by atoms with Crippen LogP contribution < -0.4 is 5.32 Å². The molecule has 2 N–H and O–H groups in total. The Kier molecular flexibility index (Phi) is 3.27. The predicted octanol–water partition coefficient (Wildman–Crippen LogP) is -1.33. The lowest BCUT2D eigenvalue weighted by Gasteiger charge is -2.08.